The van der Waals surface area contributed by atoms with Crippen molar-refractivity contribution in [3.8, 4) is 11.5 Å². The molecule has 198 valence electrons. The van der Waals surface area contributed by atoms with Crippen molar-refractivity contribution in [1.82, 2.24) is 0 Å². The normalized spacial score (nSPS) is 16.6. The van der Waals surface area contributed by atoms with Crippen LogP contribution in [-0.2, 0) is 9.59 Å². The van der Waals surface area contributed by atoms with E-state index in [-0.39, 0.29) is 11.3 Å². The number of ketones is 1. The topological polar surface area (TPSA) is 79.3 Å². The number of methoxy groups -OCH3 is 2. The number of ether oxygens (including phenoxy) is 2. The molecule has 1 atom stereocenters. The van der Waals surface area contributed by atoms with Crippen molar-refractivity contribution in [2.24, 2.45) is 0 Å². The predicted molar refractivity (Wildman–Crippen MR) is 150 cm³/mol. The van der Waals surface area contributed by atoms with Crippen molar-refractivity contribution >= 4 is 28.8 Å². The molecule has 0 radical (unpaired) electrons. The van der Waals surface area contributed by atoms with Gasteiger partial charge in [0.1, 0.15) is 17.3 Å². The van der Waals surface area contributed by atoms with Crippen LogP contribution >= 0.6 is 0 Å². The van der Waals surface area contributed by atoms with Crippen LogP contribution in [0.2, 0.25) is 0 Å². The number of nitrogens with zero attached hydrogens (tertiary/aromatic N) is 2. The van der Waals surface area contributed by atoms with Crippen LogP contribution in [0, 0.1) is 13.8 Å². The molecule has 38 heavy (non-hydrogen) atoms. The van der Waals surface area contributed by atoms with Gasteiger partial charge in [0.2, 0.25) is 0 Å². The lowest BCUT2D eigenvalue weighted by atomic mass is 9.93. The number of Topliss-reactive ketones (excluding diaryl/α,β-unsaturated/α-hetero) is 1. The number of carbonyl (C=O) groups is 2. The van der Waals surface area contributed by atoms with Crippen molar-refractivity contribution in [2.45, 2.75) is 33.7 Å². The van der Waals surface area contributed by atoms with E-state index < -0.39 is 17.7 Å². The molecule has 0 aromatic heterocycles. The Morgan fingerprint density at radius 1 is 0.947 bits per heavy atom. The molecule has 0 saturated carbocycles. The van der Waals surface area contributed by atoms with Crippen LogP contribution in [0.3, 0.4) is 0 Å². The first-order valence-corrected chi connectivity index (χ1v) is 12.7. The van der Waals surface area contributed by atoms with E-state index in [9.17, 15) is 14.7 Å². The second-order valence-electron chi connectivity index (χ2n) is 9.27. The monoisotopic (exact) mass is 514 g/mol. The van der Waals surface area contributed by atoms with Crippen LogP contribution in [0.1, 0.15) is 42.1 Å². The Morgan fingerprint density at radius 3 is 2.21 bits per heavy atom. The first-order chi connectivity index (χ1) is 18.3. The van der Waals surface area contributed by atoms with Gasteiger partial charge in [-0.3, -0.25) is 14.5 Å². The Morgan fingerprint density at radius 2 is 1.61 bits per heavy atom. The van der Waals surface area contributed by atoms with Gasteiger partial charge in [-0.1, -0.05) is 30.3 Å². The van der Waals surface area contributed by atoms with Gasteiger partial charge in [-0.2, -0.15) is 0 Å². The SMILES string of the molecule is CCN(CC)c1ccc(C2/C(=C(\O)c3cc(C)cc(C)c3OC)C(=O)C(=O)N2c2ccccc2OC)cc1. The van der Waals surface area contributed by atoms with Crippen molar-refractivity contribution < 1.29 is 24.2 Å². The summed E-state index contributed by atoms with van der Waals surface area (Å²) in [5.41, 5.74) is 4.24. The summed E-state index contributed by atoms with van der Waals surface area (Å²) in [6.07, 6.45) is 0. The van der Waals surface area contributed by atoms with E-state index in [1.165, 1.54) is 19.1 Å². The van der Waals surface area contributed by atoms with Gasteiger partial charge < -0.3 is 19.5 Å². The smallest absolute Gasteiger partial charge is 0.300 e. The number of anilines is 2. The van der Waals surface area contributed by atoms with Crippen LogP contribution in [0.5, 0.6) is 11.5 Å². The zero-order chi connectivity index (χ0) is 27.6. The average molecular weight is 515 g/mol. The molecule has 0 aliphatic carbocycles. The third-order valence-corrected chi connectivity index (χ3v) is 7.00. The van der Waals surface area contributed by atoms with Crippen LogP contribution in [-0.4, -0.2) is 44.1 Å². The summed E-state index contributed by atoms with van der Waals surface area (Å²) in [7, 11) is 3.04. The van der Waals surface area contributed by atoms with Gasteiger partial charge in [0.15, 0.2) is 0 Å². The van der Waals surface area contributed by atoms with Crippen LogP contribution in [0.25, 0.3) is 5.76 Å². The Labute approximate surface area is 223 Å². The predicted octanol–water partition coefficient (Wildman–Crippen LogP) is 5.79. The molecule has 1 saturated heterocycles. The quantitative estimate of drug-likeness (QED) is 0.233. The maximum Gasteiger partial charge on any atom is 0.300 e. The van der Waals surface area contributed by atoms with E-state index in [1.54, 1.807) is 30.3 Å². The van der Waals surface area contributed by atoms with Gasteiger partial charge in [0.25, 0.3) is 11.7 Å². The highest BCUT2D eigenvalue weighted by atomic mass is 16.5. The number of benzene rings is 3. The Hall–Kier alpha value is -4.26. The van der Waals surface area contributed by atoms with Crippen molar-refractivity contribution in [3.05, 3.63) is 88.5 Å². The van der Waals surface area contributed by atoms with Crippen molar-refractivity contribution in [1.29, 1.82) is 0 Å². The van der Waals surface area contributed by atoms with Gasteiger partial charge in [-0.15, -0.1) is 0 Å². The molecule has 7 heteroatoms. The highest BCUT2D eigenvalue weighted by molar-refractivity contribution is 6.52. The fourth-order valence-electron chi connectivity index (χ4n) is 5.23. The highest BCUT2D eigenvalue weighted by Gasteiger charge is 2.48. The van der Waals surface area contributed by atoms with E-state index in [0.29, 0.717) is 28.3 Å². The summed E-state index contributed by atoms with van der Waals surface area (Å²) in [5.74, 6) is -0.887. The van der Waals surface area contributed by atoms with Crippen molar-refractivity contribution in [3.63, 3.8) is 0 Å². The van der Waals surface area contributed by atoms with Gasteiger partial charge >= 0.3 is 0 Å². The number of aliphatic hydroxyl groups is 1. The maximum absolute atomic E-state index is 13.6. The van der Waals surface area contributed by atoms with E-state index in [1.807, 2.05) is 44.2 Å². The summed E-state index contributed by atoms with van der Waals surface area (Å²) in [4.78, 5) is 30.8. The van der Waals surface area contributed by atoms with Crippen LogP contribution in [0.4, 0.5) is 11.4 Å². The van der Waals surface area contributed by atoms with Gasteiger partial charge in [0, 0.05) is 18.8 Å². The third-order valence-electron chi connectivity index (χ3n) is 7.00. The van der Waals surface area contributed by atoms with Crippen LogP contribution < -0.4 is 19.3 Å². The molecule has 3 aromatic rings. The molecule has 1 heterocycles. The molecule has 1 aliphatic heterocycles. The maximum atomic E-state index is 13.6. The Kier molecular flexibility index (Phi) is 7.76. The second-order valence-corrected chi connectivity index (χ2v) is 9.27. The third kappa shape index (κ3) is 4.60. The molecule has 1 aliphatic rings. The lowest BCUT2D eigenvalue weighted by molar-refractivity contribution is -0.132. The lowest BCUT2D eigenvalue weighted by Gasteiger charge is -2.28. The number of hydrogen-bond acceptors (Lipinski definition) is 6. The zero-order valence-corrected chi connectivity index (χ0v) is 22.7. The summed E-state index contributed by atoms with van der Waals surface area (Å²) in [6.45, 7) is 9.65. The van der Waals surface area contributed by atoms with Crippen LogP contribution in [0.15, 0.2) is 66.2 Å². The fourth-order valence-corrected chi connectivity index (χ4v) is 5.23. The number of hydrogen-bond donors (Lipinski definition) is 1. The Bertz CT molecular complexity index is 1390. The minimum Gasteiger partial charge on any atom is -0.507 e. The van der Waals surface area contributed by atoms with E-state index >= 15 is 0 Å². The van der Waals surface area contributed by atoms with Gasteiger partial charge in [0.05, 0.1) is 37.1 Å². The largest absolute Gasteiger partial charge is 0.507 e. The first-order valence-electron chi connectivity index (χ1n) is 12.7. The standard InChI is InChI=1S/C31H34N2O5/c1-7-32(8-2)22-15-13-21(14-16-22)27-26(28(34)23-18-19(3)17-20(4)30(23)38-6)29(35)31(36)33(27)24-11-9-10-12-25(24)37-5/h9-18,27,34H,7-8H2,1-6H3/b28-26+. The first kappa shape index (κ1) is 26.8. The van der Waals surface area contributed by atoms with E-state index in [2.05, 4.69) is 18.7 Å². The van der Waals surface area contributed by atoms with Gasteiger partial charge in [-0.05, 0) is 74.7 Å². The highest BCUT2D eigenvalue weighted by Crippen LogP contribution is 2.46. The second kappa shape index (κ2) is 11.0. The Balaban J connectivity index is 1.99. The molecule has 7 nitrogen and oxygen atoms in total. The molecular formula is C31H34N2O5. The summed E-state index contributed by atoms with van der Waals surface area (Å²) < 4.78 is 11.1. The number of amides is 1. The zero-order valence-electron chi connectivity index (χ0n) is 22.7. The minimum atomic E-state index is -0.873. The molecule has 3 aromatic carbocycles. The molecule has 1 fully saturated rings. The summed E-state index contributed by atoms with van der Waals surface area (Å²) >= 11 is 0. The number of carbonyl (C=O) groups excluding carboxylic acids is 2. The summed E-state index contributed by atoms with van der Waals surface area (Å²) in [5, 5.41) is 11.7. The number of rotatable bonds is 8. The van der Waals surface area contributed by atoms with E-state index in [4.69, 9.17) is 9.47 Å². The molecular weight excluding hydrogens is 480 g/mol. The molecule has 4 rings (SSSR count). The number of aliphatic hydroxyl groups excluding tert-OH is 1. The fraction of sp³-hybridized carbons (Fsp3) is 0.290. The number of aryl methyl sites for hydroxylation is 2. The molecule has 0 spiro atoms. The van der Waals surface area contributed by atoms with Crippen molar-refractivity contribution in [2.75, 3.05) is 37.1 Å². The minimum absolute atomic E-state index is 0.000190. The number of para-hydroxylation sites is 2. The summed E-state index contributed by atoms with van der Waals surface area (Å²) in [6, 6.07) is 17.6. The van der Waals surface area contributed by atoms with E-state index in [0.717, 1.165) is 29.9 Å². The van der Waals surface area contributed by atoms with Gasteiger partial charge in [-0.25, -0.2) is 0 Å². The molecule has 1 amide bonds. The average Bonchev–Trinajstić information content (AvgIpc) is 3.18. The molecule has 1 unspecified atom stereocenters. The molecule has 1 N–H and O–H groups in total. The molecule has 0 bridgehead atoms. The lowest BCUT2D eigenvalue weighted by Crippen LogP contribution is -2.30.